The van der Waals surface area contributed by atoms with Crippen molar-refractivity contribution in [1.29, 1.82) is 0 Å². The van der Waals surface area contributed by atoms with Crippen LogP contribution < -0.4 is 5.32 Å². The van der Waals surface area contributed by atoms with E-state index in [1.54, 1.807) is 45.3 Å². The van der Waals surface area contributed by atoms with E-state index in [0.29, 0.717) is 22.4 Å². The Hall–Kier alpha value is -4.13. The molecule has 0 unspecified atom stereocenters. The molecule has 0 fully saturated rings. The summed E-state index contributed by atoms with van der Waals surface area (Å²) >= 11 is 0. The van der Waals surface area contributed by atoms with Crippen molar-refractivity contribution in [2.24, 2.45) is 0 Å². The molecule has 32 heavy (non-hydrogen) atoms. The zero-order chi connectivity index (χ0) is 22.8. The third-order valence-electron chi connectivity index (χ3n) is 5.17. The molecule has 0 atom stereocenters. The third kappa shape index (κ3) is 4.05. The number of fused-ring (bicyclic) bond motifs is 3. The SMILES string of the molecule is Cc1c(C(=O)OCC(=O)Nc2ccc(C(=O)N(C)C)cc2)oc2c1ccc1ccccc12. The average molecular weight is 430 g/mol. The number of carbonyl (C=O) groups excluding carboxylic acids is 3. The van der Waals surface area contributed by atoms with Crippen molar-refractivity contribution in [2.75, 3.05) is 26.0 Å². The first-order valence-corrected chi connectivity index (χ1v) is 10.0. The highest BCUT2D eigenvalue weighted by atomic mass is 16.5. The van der Waals surface area contributed by atoms with Crippen LogP contribution in [0.2, 0.25) is 0 Å². The van der Waals surface area contributed by atoms with E-state index in [4.69, 9.17) is 9.15 Å². The summed E-state index contributed by atoms with van der Waals surface area (Å²) in [6.07, 6.45) is 0. The number of amides is 2. The Bertz CT molecular complexity index is 1340. The third-order valence-corrected chi connectivity index (χ3v) is 5.17. The van der Waals surface area contributed by atoms with Gasteiger partial charge in [-0.2, -0.15) is 0 Å². The minimum absolute atomic E-state index is 0.0794. The molecule has 4 rings (SSSR count). The molecule has 0 aliphatic carbocycles. The number of nitrogens with one attached hydrogen (secondary N) is 1. The molecule has 0 radical (unpaired) electrons. The minimum Gasteiger partial charge on any atom is -0.450 e. The lowest BCUT2D eigenvalue weighted by Crippen LogP contribution is -2.22. The van der Waals surface area contributed by atoms with Crippen molar-refractivity contribution in [2.45, 2.75) is 6.92 Å². The number of aryl methyl sites for hydroxylation is 1. The molecule has 1 aromatic heterocycles. The average Bonchev–Trinajstić information content (AvgIpc) is 3.14. The van der Waals surface area contributed by atoms with Crippen molar-refractivity contribution in [1.82, 2.24) is 4.90 Å². The second-order valence-corrected chi connectivity index (χ2v) is 7.62. The largest absolute Gasteiger partial charge is 0.450 e. The molecule has 0 bridgehead atoms. The van der Waals surface area contributed by atoms with Crippen LogP contribution in [0.15, 0.2) is 65.1 Å². The zero-order valence-electron chi connectivity index (χ0n) is 18.0. The van der Waals surface area contributed by atoms with Crippen molar-refractivity contribution in [3.05, 3.63) is 77.6 Å². The normalized spacial score (nSPS) is 10.8. The van der Waals surface area contributed by atoms with Gasteiger partial charge in [0.25, 0.3) is 11.8 Å². The molecule has 7 heteroatoms. The second-order valence-electron chi connectivity index (χ2n) is 7.62. The number of esters is 1. The van der Waals surface area contributed by atoms with Crippen LogP contribution in [0.25, 0.3) is 21.7 Å². The van der Waals surface area contributed by atoms with E-state index in [2.05, 4.69) is 5.32 Å². The fourth-order valence-corrected chi connectivity index (χ4v) is 3.49. The van der Waals surface area contributed by atoms with Gasteiger partial charge >= 0.3 is 5.97 Å². The van der Waals surface area contributed by atoms with E-state index >= 15 is 0 Å². The van der Waals surface area contributed by atoms with Crippen LogP contribution in [0.1, 0.15) is 26.5 Å². The molecule has 1 N–H and O–H groups in total. The number of carbonyl (C=O) groups is 3. The topological polar surface area (TPSA) is 88.8 Å². The first-order chi connectivity index (χ1) is 15.3. The molecule has 3 aromatic carbocycles. The lowest BCUT2D eigenvalue weighted by Gasteiger charge is -2.11. The Morgan fingerprint density at radius 3 is 2.38 bits per heavy atom. The van der Waals surface area contributed by atoms with Gasteiger partial charge in [-0.25, -0.2) is 4.79 Å². The van der Waals surface area contributed by atoms with Gasteiger partial charge in [0, 0.05) is 41.7 Å². The summed E-state index contributed by atoms with van der Waals surface area (Å²) in [5.74, 6) is -1.25. The first kappa shape index (κ1) is 21.1. The van der Waals surface area contributed by atoms with Gasteiger partial charge in [0.05, 0.1) is 0 Å². The van der Waals surface area contributed by atoms with E-state index in [9.17, 15) is 14.4 Å². The predicted octanol–water partition coefficient (Wildman–Crippen LogP) is 4.39. The fraction of sp³-hybridized carbons (Fsp3) is 0.160. The van der Waals surface area contributed by atoms with E-state index in [-0.39, 0.29) is 11.7 Å². The van der Waals surface area contributed by atoms with Crippen molar-refractivity contribution in [3.8, 4) is 0 Å². The summed E-state index contributed by atoms with van der Waals surface area (Å²) in [5.41, 5.74) is 2.28. The Balaban J connectivity index is 1.43. The quantitative estimate of drug-likeness (QED) is 0.474. The highest BCUT2D eigenvalue weighted by molar-refractivity contribution is 6.08. The molecule has 0 saturated heterocycles. The Labute approximate surface area is 184 Å². The van der Waals surface area contributed by atoms with Gasteiger partial charge < -0.3 is 19.4 Å². The Kier molecular flexibility index (Phi) is 5.64. The monoisotopic (exact) mass is 430 g/mol. The van der Waals surface area contributed by atoms with Gasteiger partial charge in [-0.1, -0.05) is 36.4 Å². The van der Waals surface area contributed by atoms with Crippen molar-refractivity contribution < 1.29 is 23.5 Å². The van der Waals surface area contributed by atoms with Crippen molar-refractivity contribution >= 4 is 45.2 Å². The molecule has 7 nitrogen and oxygen atoms in total. The Morgan fingerprint density at radius 2 is 1.66 bits per heavy atom. The van der Waals surface area contributed by atoms with Crippen LogP contribution in [0.3, 0.4) is 0 Å². The van der Waals surface area contributed by atoms with Gasteiger partial charge in [-0.15, -0.1) is 0 Å². The van der Waals surface area contributed by atoms with Crippen LogP contribution in [-0.2, 0) is 9.53 Å². The fourth-order valence-electron chi connectivity index (χ4n) is 3.49. The summed E-state index contributed by atoms with van der Waals surface area (Å²) in [5, 5.41) is 5.37. The number of furan rings is 1. The number of rotatable bonds is 5. The molecular formula is C25H22N2O5. The number of hydrogen-bond donors (Lipinski definition) is 1. The van der Waals surface area contributed by atoms with Crippen LogP contribution in [-0.4, -0.2) is 43.4 Å². The molecule has 4 aromatic rings. The minimum atomic E-state index is -0.704. The zero-order valence-corrected chi connectivity index (χ0v) is 18.0. The summed E-state index contributed by atoms with van der Waals surface area (Å²) < 4.78 is 11.0. The number of benzene rings is 3. The van der Waals surface area contributed by atoms with Crippen LogP contribution in [0.5, 0.6) is 0 Å². The molecule has 0 aliphatic heterocycles. The lowest BCUT2D eigenvalue weighted by atomic mass is 10.1. The Morgan fingerprint density at radius 1 is 0.938 bits per heavy atom. The summed E-state index contributed by atoms with van der Waals surface area (Å²) in [7, 11) is 3.33. The summed E-state index contributed by atoms with van der Waals surface area (Å²) in [4.78, 5) is 38.2. The highest BCUT2D eigenvalue weighted by Crippen LogP contribution is 2.32. The van der Waals surface area contributed by atoms with Gasteiger partial charge in [0.2, 0.25) is 5.76 Å². The number of ether oxygens (including phenoxy) is 1. The molecule has 1 heterocycles. The summed E-state index contributed by atoms with van der Waals surface area (Å²) in [6, 6.07) is 18.1. The van der Waals surface area contributed by atoms with E-state index in [1.807, 2.05) is 36.4 Å². The van der Waals surface area contributed by atoms with Crippen LogP contribution >= 0.6 is 0 Å². The van der Waals surface area contributed by atoms with Crippen molar-refractivity contribution in [3.63, 3.8) is 0 Å². The maximum atomic E-state index is 12.6. The number of anilines is 1. The second kappa shape index (κ2) is 8.55. The first-order valence-electron chi connectivity index (χ1n) is 10.0. The van der Waals surface area contributed by atoms with E-state index < -0.39 is 18.5 Å². The number of nitrogens with zero attached hydrogens (tertiary/aromatic N) is 1. The molecule has 162 valence electrons. The lowest BCUT2D eigenvalue weighted by molar-refractivity contribution is -0.119. The van der Waals surface area contributed by atoms with Crippen LogP contribution in [0.4, 0.5) is 5.69 Å². The maximum Gasteiger partial charge on any atom is 0.375 e. The maximum absolute atomic E-state index is 12.6. The molecule has 2 amide bonds. The molecule has 0 spiro atoms. The molecule has 0 saturated carbocycles. The van der Waals surface area contributed by atoms with E-state index in [0.717, 1.165) is 16.2 Å². The smallest absolute Gasteiger partial charge is 0.375 e. The predicted molar refractivity (Wildman–Crippen MR) is 122 cm³/mol. The number of hydrogen-bond acceptors (Lipinski definition) is 5. The molecular weight excluding hydrogens is 408 g/mol. The van der Waals surface area contributed by atoms with Gasteiger partial charge in [0.15, 0.2) is 6.61 Å². The van der Waals surface area contributed by atoms with Gasteiger partial charge in [0.1, 0.15) is 5.58 Å². The standard InChI is InChI=1S/C25H22N2O5/c1-15-19-13-10-16-6-4-5-7-20(16)23(19)32-22(15)25(30)31-14-21(28)26-18-11-8-17(9-12-18)24(29)27(2)3/h4-13H,14H2,1-3H3,(H,26,28). The van der Waals surface area contributed by atoms with Gasteiger partial charge in [-0.3, -0.25) is 9.59 Å². The summed E-state index contributed by atoms with van der Waals surface area (Å²) in [6.45, 7) is 1.32. The molecule has 0 aliphatic rings. The highest BCUT2D eigenvalue weighted by Gasteiger charge is 2.21. The van der Waals surface area contributed by atoms with Crippen LogP contribution in [0, 0.1) is 6.92 Å². The van der Waals surface area contributed by atoms with E-state index in [1.165, 1.54) is 4.90 Å². The van der Waals surface area contributed by atoms with Gasteiger partial charge in [-0.05, 0) is 36.6 Å².